The fourth-order valence-corrected chi connectivity index (χ4v) is 2.26. The fraction of sp³-hybridized carbons (Fsp3) is 0.188. The van der Waals surface area contributed by atoms with Crippen molar-refractivity contribution in [1.29, 1.82) is 0 Å². The van der Waals surface area contributed by atoms with Crippen LogP contribution in [0.25, 0.3) is 11.4 Å². The number of aliphatic hydroxyl groups excluding tert-OH is 1. The highest BCUT2D eigenvalue weighted by Gasteiger charge is 2.30. The zero-order chi connectivity index (χ0) is 18.7. The Morgan fingerprint density at radius 2 is 1.81 bits per heavy atom. The smallest absolute Gasteiger partial charge is 0.394 e. The second-order valence-corrected chi connectivity index (χ2v) is 5.30. The lowest BCUT2D eigenvalue weighted by Gasteiger charge is -2.12. The van der Waals surface area contributed by atoms with Gasteiger partial charge in [0.15, 0.2) is 0 Å². The number of tetrazole rings is 1. The first kappa shape index (κ1) is 17.8. The van der Waals surface area contributed by atoms with E-state index in [9.17, 15) is 17.6 Å². The lowest BCUT2D eigenvalue weighted by atomic mass is 10.1. The molecular weight excluding hydrogens is 354 g/mol. The van der Waals surface area contributed by atoms with Crippen LogP contribution in [0.3, 0.4) is 0 Å². The molecule has 0 amide bonds. The lowest BCUT2D eigenvalue weighted by molar-refractivity contribution is -0.137. The predicted octanol–water partition coefficient (Wildman–Crippen LogP) is 3.23. The van der Waals surface area contributed by atoms with Gasteiger partial charge in [0.1, 0.15) is 5.82 Å². The van der Waals surface area contributed by atoms with Crippen LogP contribution in [-0.4, -0.2) is 31.9 Å². The largest absolute Gasteiger partial charge is 0.416 e. The van der Waals surface area contributed by atoms with Crippen molar-refractivity contribution < 1.29 is 22.7 Å². The Kier molecular flexibility index (Phi) is 4.85. The number of nitrogens with one attached hydrogen (secondary N) is 1. The number of hydrogen-bond donors (Lipinski definition) is 2. The summed E-state index contributed by atoms with van der Waals surface area (Å²) in [5.74, 6) is -0.506. The summed E-state index contributed by atoms with van der Waals surface area (Å²) in [6.07, 6.45) is -4.45. The molecule has 0 radical (unpaired) electrons. The minimum Gasteiger partial charge on any atom is -0.394 e. The third-order valence-corrected chi connectivity index (χ3v) is 3.49. The first-order valence-corrected chi connectivity index (χ1v) is 7.50. The van der Waals surface area contributed by atoms with E-state index in [-0.39, 0.29) is 35.9 Å². The summed E-state index contributed by atoms with van der Waals surface area (Å²) < 4.78 is 52.2. The molecule has 0 aliphatic carbocycles. The van der Waals surface area contributed by atoms with Crippen LogP contribution in [0.5, 0.6) is 0 Å². The molecule has 0 unspecified atom stereocenters. The maximum absolute atomic E-state index is 14.3. The number of anilines is 2. The minimum absolute atomic E-state index is 0.0100. The molecule has 1 heterocycles. The van der Waals surface area contributed by atoms with Gasteiger partial charge in [0.2, 0.25) is 5.82 Å². The van der Waals surface area contributed by atoms with Gasteiger partial charge in [0.25, 0.3) is 0 Å². The Bertz CT molecular complexity index is 892. The summed E-state index contributed by atoms with van der Waals surface area (Å²) in [6.45, 7) is -0.0560. The van der Waals surface area contributed by atoms with E-state index in [1.165, 1.54) is 24.3 Å². The van der Waals surface area contributed by atoms with Gasteiger partial charge in [-0.2, -0.15) is 18.0 Å². The third-order valence-electron chi connectivity index (χ3n) is 3.49. The molecule has 26 heavy (non-hydrogen) atoms. The summed E-state index contributed by atoms with van der Waals surface area (Å²) in [5.41, 5.74) is -0.234. The molecule has 0 aliphatic heterocycles. The summed E-state index contributed by atoms with van der Waals surface area (Å²) >= 11 is 0. The highest BCUT2D eigenvalue weighted by Crippen LogP contribution is 2.33. The Hall–Kier alpha value is -3.01. The average molecular weight is 367 g/mol. The number of hydrogen-bond acceptors (Lipinski definition) is 5. The van der Waals surface area contributed by atoms with Crippen molar-refractivity contribution in [2.75, 3.05) is 11.9 Å². The van der Waals surface area contributed by atoms with E-state index in [0.29, 0.717) is 0 Å². The summed E-state index contributed by atoms with van der Waals surface area (Å²) in [4.78, 5) is 1.15. The van der Waals surface area contributed by atoms with Gasteiger partial charge >= 0.3 is 6.18 Å². The molecule has 136 valence electrons. The van der Waals surface area contributed by atoms with Gasteiger partial charge in [-0.1, -0.05) is 6.07 Å². The van der Waals surface area contributed by atoms with E-state index in [4.69, 9.17) is 5.11 Å². The maximum Gasteiger partial charge on any atom is 0.416 e. The average Bonchev–Trinajstić information content (AvgIpc) is 3.05. The number of benzene rings is 2. The van der Waals surface area contributed by atoms with E-state index in [2.05, 4.69) is 20.7 Å². The van der Waals surface area contributed by atoms with Crippen molar-refractivity contribution in [3.05, 3.63) is 53.8 Å². The van der Waals surface area contributed by atoms with Crippen molar-refractivity contribution in [3.63, 3.8) is 0 Å². The zero-order valence-corrected chi connectivity index (χ0v) is 13.2. The molecule has 0 saturated heterocycles. The standard InChI is InChI=1S/C16H13F4N5O/c17-13-3-1-2-12(15-22-24-25(23-15)8-9-26)14(13)21-11-6-4-10(5-7-11)16(18,19)20/h1-7,21,26H,8-9H2. The Morgan fingerprint density at radius 1 is 1.08 bits per heavy atom. The van der Waals surface area contributed by atoms with E-state index in [1.807, 2.05) is 0 Å². The van der Waals surface area contributed by atoms with E-state index < -0.39 is 17.6 Å². The lowest BCUT2D eigenvalue weighted by Crippen LogP contribution is -2.06. The second kappa shape index (κ2) is 7.08. The third kappa shape index (κ3) is 3.80. The molecule has 0 bridgehead atoms. The molecule has 10 heteroatoms. The molecule has 3 rings (SSSR count). The van der Waals surface area contributed by atoms with Crippen molar-refractivity contribution in [2.24, 2.45) is 0 Å². The van der Waals surface area contributed by atoms with Crippen molar-refractivity contribution in [2.45, 2.75) is 12.7 Å². The number of nitrogens with zero attached hydrogens (tertiary/aromatic N) is 4. The first-order valence-electron chi connectivity index (χ1n) is 7.50. The first-order chi connectivity index (χ1) is 12.4. The van der Waals surface area contributed by atoms with Gasteiger partial charge in [-0.05, 0) is 41.6 Å². The molecule has 6 nitrogen and oxygen atoms in total. The molecule has 2 N–H and O–H groups in total. The number of aromatic nitrogens is 4. The summed E-state index contributed by atoms with van der Waals surface area (Å²) in [7, 11) is 0. The van der Waals surface area contributed by atoms with Gasteiger partial charge in [0, 0.05) is 11.3 Å². The maximum atomic E-state index is 14.3. The minimum atomic E-state index is -4.45. The normalized spacial score (nSPS) is 11.6. The van der Waals surface area contributed by atoms with Crippen molar-refractivity contribution in [1.82, 2.24) is 20.2 Å². The molecule has 0 fully saturated rings. The van der Waals surface area contributed by atoms with Gasteiger partial charge in [-0.3, -0.25) is 0 Å². The molecule has 3 aromatic rings. The zero-order valence-electron chi connectivity index (χ0n) is 13.2. The monoisotopic (exact) mass is 367 g/mol. The van der Waals surface area contributed by atoms with E-state index >= 15 is 0 Å². The quantitative estimate of drug-likeness (QED) is 0.677. The van der Waals surface area contributed by atoms with Crippen LogP contribution in [0, 0.1) is 5.82 Å². The van der Waals surface area contributed by atoms with Crippen LogP contribution in [0.1, 0.15) is 5.56 Å². The fourth-order valence-electron chi connectivity index (χ4n) is 2.26. The predicted molar refractivity (Wildman–Crippen MR) is 85.0 cm³/mol. The molecule has 1 aromatic heterocycles. The van der Waals surface area contributed by atoms with Crippen LogP contribution < -0.4 is 5.32 Å². The van der Waals surface area contributed by atoms with Crippen molar-refractivity contribution in [3.8, 4) is 11.4 Å². The number of rotatable bonds is 5. The SMILES string of the molecule is OCCn1nnc(-c2cccc(F)c2Nc2ccc(C(F)(F)F)cc2)n1. The van der Waals surface area contributed by atoms with E-state index in [1.54, 1.807) is 6.07 Å². The Labute approximate surface area is 145 Å². The summed E-state index contributed by atoms with van der Waals surface area (Å²) in [6, 6.07) is 8.42. The van der Waals surface area contributed by atoms with Gasteiger partial charge in [0.05, 0.1) is 24.4 Å². The topological polar surface area (TPSA) is 75.9 Å². The number of alkyl halides is 3. The molecular formula is C16H13F4N5O. The van der Waals surface area contributed by atoms with Gasteiger partial charge < -0.3 is 10.4 Å². The highest BCUT2D eigenvalue weighted by molar-refractivity contribution is 5.77. The van der Waals surface area contributed by atoms with Crippen LogP contribution in [0.4, 0.5) is 28.9 Å². The Balaban J connectivity index is 1.92. The van der Waals surface area contributed by atoms with Crippen LogP contribution in [-0.2, 0) is 12.7 Å². The highest BCUT2D eigenvalue weighted by atomic mass is 19.4. The van der Waals surface area contributed by atoms with Crippen LogP contribution in [0.15, 0.2) is 42.5 Å². The molecule has 0 saturated carbocycles. The molecule has 0 aliphatic rings. The number of halogens is 4. The van der Waals surface area contributed by atoms with Gasteiger partial charge in [-0.25, -0.2) is 4.39 Å². The number of aliphatic hydroxyl groups is 1. The van der Waals surface area contributed by atoms with Crippen molar-refractivity contribution >= 4 is 11.4 Å². The molecule has 0 spiro atoms. The number of para-hydroxylation sites is 1. The molecule has 2 aromatic carbocycles. The van der Waals surface area contributed by atoms with Crippen LogP contribution in [0.2, 0.25) is 0 Å². The Morgan fingerprint density at radius 3 is 2.46 bits per heavy atom. The van der Waals surface area contributed by atoms with Crippen LogP contribution >= 0.6 is 0 Å². The molecule has 0 atom stereocenters. The second-order valence-electron chi connectivity index (χ2n) is 5.30. The van der Waals surface area contributed by atoms with Gasteiger partial charge in [-0.15, -0.1) is 10.2 Å². The summed E-state index contributed by atoms with van der Waals surface area (Å²) in [5, 5.41) is 23.2. The van der Waals surface area contributed by atoms with E-state index in [0.717, 1.165) is 16.9 Å².